The number of carbonyl (C=O) groups is 1. The molecule has 0 radical (unpaired) electrons. The van der Waals surface area contributed by atoms with E-state index in [-0.39, 0.29) is 11.7 Å². The molecule has 1 aliphatic heterocycles. The molecule has 1 fully saturated rings. The van der Waals surface area contributed by atoms with Crippen LogP contribution in [0, 0.1) is 13.8 Å². The van der Waals surface area contributed by atoms with Crippen molar-refractivity contribution in [3.63, 3.8) is 0 Å². The van der Waals surface area contributed by atoms with Gasteiger partial charge in [0.2, 0.25) is 5.95 Å². The van der Waals surface area contributed by atoms with Gasteiger partial charge < -0.3 is 19.9 Å². The minimum Gasteiger partial charge on any atom is -0.406 e. The first-order valence-electron chi connectivity index (χ1n) is 10.8. The molecule has 10 heteroatoms. The van der Waals surface area contributed by atoms with E-state index in [0.717, 1.165) is 34.9 Å². The number of nitrogens with one attached hydrogen (secondary N) is 1. The molecule has 178 valence electrons. The summed E-state index contributed by atoms with van der Waals surface area (Å²) in [4.78, 5) is 25.6. The fourth-order valence-corrected chi connectivity index (χ4v) is 3.66. The summed E-state index contributed by atoms with van der Waals surface area (Å²) in [6.45, 7) is 5.99. The molecular weight excluding hydrogens is 447 g/mol. The van der Waals surface area contributed by atoms with Gasteiger partial charge in [-0.15, -0.1) is 13.2 Å². The first-order valence-corrected chi connectivity index (χ1v) is 10.8. The summed E-state index contributed by atoms with van der Waals surface area (Å²) in [5.74, 6) is 0.670. The number of amides is 1. The molecule has 0 saturated carbocycles. The molecule has 1 aliphatic rings. The van der Waals surface area contributed by atoms with E-state index in [1.165, 1.54) is 12.1 Å². The zero-order valence-corrected chi connectivity index (χ0v) is 18.8. The lowest BCUT2D eigenvalue weighted by atomic mass is 10.1. The lowest BCUT2D eigenvalue weighted by molar-refractivity contribution is -0.274. The van der Waals surface area contributed by atoms with Gasteiger partial charge in [-0.2, -0.15) is 4.98 Å². The Morgan fingerprint density at radius 3 is 2.21 bits per heavy atom. The van der Waals surface area contributed by atoms with Crippen LogP contribution in [0.4, 0.5) is 30.6 Å². The van der Waals surface area contributed by atoms with E-state index in [4.69, 9.17) is 0 Å². The molecule has 1 amide bonds. The largest absolute Gasteiger partial charge is 0.573 e. The summed E-state index contributed by atoms with van der Waals surface area (Å²) in [7, 11) is 0. The summed E-state index contributed by atoms with van der Waals surface area (Å²) in [6, 6.07) is 14.8. The van der Waals surface area contributed by atoms with Crippen LogP contribution >= 0.6 is 0 Å². The third-order valence-corrected chi connectivity index (χ3v) is 5.37. The second-order valence-electron chi connectivity index (χ2n) is 8.03. The van der Waals surface area contributed by atoms with E-state index in [1.54, 1.807) is 4.90 Å². The first-order chi connectivity index (χ1) is 16.2. The van der Waals surface area contributed by atoms with Gasteiger partial charge in [0, 0.05) is 49.2 Å². The minimum atomic E-state index is -4.77. The maximum atomic E-state index is 12.8. The number of aryl methyl sites for hydroxylation is 2. The fraction of sp³-hybridized carbons (Fsp3) is 0.292. The predicted molar refractivity (Wildman–Crippen MR) is 122 cm³/mol. The molecule has 0 unspecified atom stereocenters. The van der Waals surface area contributed by atoms with E-state index >= 15 is 0 Å². The second-order valence-corrected chi connectivity index (χ2v) is 8.03. The standard InChI is InChI=1S/C24H24F3N5O2/c1-16-3-7-19(8-4-16)29-23-28-17(2)15-21(30-23)31-11-13-32(14-12-31)22(33)18-5-9-20(10-6-18)34-24(25,26)27/h3-10,15H,11-14H2,1-2H3,(H,28,29,30). The van der Waals surface area contributed by atoms with Gasteiger partial charge in [0.25, 0.3) is 5.91 Å². The quantitative estimate of drug-likeness (QED) is 0.582. The Bertz CT molecular complexity index is 1140. The van der Waals surface area contributed by atoms with Gasteiger partial charge in [0.05, 0.1) is 0 Å². The lowest BCUT2D eigenvalue weighted by Gasteiger charge is -2.35. The van der Waals surface area contributed by atoms with E-state index in [9.17, 15) is 18.0 Å². The summed E-state index contributed by atoms with van der Waals surface area (Å²) in [5.41, 5.74) is 3.18. The van der Waals surface area contributed by atoms with Crippen LogP contribution < -0.4 is 15.0 Å². The van der Waals surface area contributed by atoms with Gasteiger partial charge in [-0.3, -0.25) is 4.79 Å². The number of hydrogen-bond acceptors (Lipinski definition) is 6. The van der Waals surface area contributed by atoms with Gasteiger partial charge >= 0.3 is 6.36 Å². The normalized spacial score (nSPS) is 14.1. The Balaban J connectivity index is 1.38. The number of rotatable bonds is 5. The van der Waals surface area contributed by atoms with E-state index in [2.05, 4.69) is 24.9 Å². The van der Waals surface area contributed by atoms with Crippen LogP contribution in [0.15, 0.2) is 54.6 Å². The number of alkyl halides is 3. The smallest absolute Gasteiger partial charge is 0.406 e. The molecule has 0 atom stereocenters. The molecule has 2 heterocycles. The Labute approximate surface area is 195 Å². The SMILES string of the molecule is Cc1ccc(Nc2nc(C)cc(N3CCN(C(=O)c4ccc(OC(F)(F)F)cc4)CC3)n2)cc1. The Morgan fingerprint density at radius 1 is 0.941 bits per heavy atom. The van der Waals surface area contributed by atoms with Crippen LogP contribution in [0.2, 0.25) is 0 Å². The van der Waals surface area contributed by atoms with Crippen molar-refractivity contribution in [3.05, 3.63) is 71.4 Å². The van der Waals surface area contributed by atoms with Crippen molar-refractivity contribution in [3.8, 4) is 5.75 Å². The maximum absolute atomic E-state index is 12.8. The monoisotopic (exact) mass is 471 g/mol. The topological polar surface area (TPSA) is 70.6 Å². The maximum Gasteiger partial charge on any atom is 0.573 e. The van der Waals surface area contributed by atoms with Gasteiger partial charge in [-0.05, 0) is 50.2 Å². The summed E-state index contributed by atoms with van der Waals surface area (Å²) < 4.78 is 40.8. The number of aromatic nitrogens is 2. The van der Waals surface area contributed by atoms with E-state index in [0.29, 0.717) is 37.7 Å². The highest BCUT2D eigenvalue weighted by molar-refractivity contribution is 5.94. The van der Waals surface area contributed by atoms with Crippen molar-refractivity contribution in [1.29, 1.82) is 0 Å². The number of halogens is 3. The third-order valence-electron chi connectivity index (χ3n) is 5.37. The van der Waals surface area contributed by atoms with Crippen LogP contribution in [0.25, 0.3) is 0 Å². The third kappa shape index (κ3) is 5.94. The van der Waals surface area contributed by atoms with Gasteiger partial charge in [-0.25, -0.2) is 4.98 Å². The summed E-state index contributed by atoms with van der Waals surface area (Å²) in [6.07, 6.45) is -4.77. The highest BCUT2D eigenvalue weighted by Gasteiger charge is 2.31. The molecule has 0 spiro atoms. The number of nitrogens with zero attached hydrogens (tertiary/aromatic N) is 4. The Kier molecular flexibility index (Phi) is 6.58. The molecule has 34 heavy (non-hydrogen) atoms. The molecule has 1 saturated heterocycles. The highest BCUT2D eigenvalue weighted by atomic mass is 19.4. The van der Waals surface area contributed by atoms with E-state index < -0.39 is 6.36 Å². The van der Waals surface area contributed by atoms with Gasteiger partial charge in [-0.1, -0.05) is 17.7 Å². The van der Waals surface area contributed by atoms with Crippen LogP contribution in [0.1, 0.15) is 21.6 Å². The average molecular weight is 471 g/mol. The molecule has 2 aromatic carbocycles. The van der Waals surface area contributed by atoms with Crippen molar-refractivity contribution >= 4 is 23.4 Å². The predicted octanol–water partition coefficient (Wildman–Crippen LogP) is 4.70. The number of piperazine rings is 1. The molecule has 7 nitrogen and oxygen atoms in total. The summed E-state index contributed by atoms with van der Waals surface area (Å²) >= 11 is 0. The van der Waals surface area contributed by atoms with Gasteiger partial charge in [0.1, 0.15) is 11.6 Å². The van der Waals surface area contributed by atoms with Crippen molar-refractivity contribution in [2.75, 3.05) is 36.4 Å². The van der Waals surface area contributed by atoms with Crippen molar-refractivity contribution < 1.29 is 22.7 Å². The Hall–Kier alpha value is -3.82. The van der Waals surface area contributed by atoms with Crippen LogP contribution in [0.5, 0.6) is 5.75 Å². The second kappa shape index (κ2) is 9.58. The van der Waals surface area contributed by atoms with Crippen LogP contribution in [0.3, 0.4) is 0 Å². The zero-order chi connectivity index (χ0) is 24.3. The van der Waals surface area contributed by atoms with Crippen molar-refractivity contribution in [2.24, 2.45) is 0 Å². The molecule has 0 aliphatic carbocycles. The number of benzene rings is 2. The molecule has 3 aromatic rings. The fourth-order valence-electron chi connectivity index (χ4n) is 3.66. The van der Waals surface area contributed by atoms with Gasteiger partial charge in [0.15, 0.2) is 0 Å². The molecule has 0 bridgehead atoms. The summed E-state index contributed by atoms with van der Waals surface area (Å²) in [5, 5.41) is 3.22. The minimum absolute atomic E-state index is 0.237. The highest BCUT2D eigenvalue weighted by Crippen LogP contribution is 2.24. The number of hydrogen-bond donors (Lipinski definition) is 1. The van der Waals surface area contributed by atoms with E-state index in [1.807, 2.05) is 44.2 Å². The lowest BCUT2D eigenvalue weighted by Crippen LogP contribution is -2.49. The van der Waals surface area contributed by atoms with Crippen molar-refractivity contribution in [1.82, 2.24) is 14.9 Å². The average Bonchev–Trinajstić information content (AvgIpc) is 2.79. The first kappa shape index (κ1) is 23.3. The Morgan fingerprint density at radius 2 is 1.59 bits per heavy atom. The molecule has 4 rings (SSSR count). The molecule has 1 aromatic heterocycles. The van der Waals surface area contributed by atoms with Crippen molar-refractivity contribution in [2.45, 2.75) is 20.2 Å². The molecular formula is C24H24F3N5O2. The van der Waals surface area contributed by atoms with Crippen LogP contribution in [-0.4, -0.2) is 53.3 Å². The number of carbonyl (C=O) groups excluding carboxylic acids is 1. The molecule has 1 N–H and O–H groups in total. The van der Waals surface area contributed by atoms with Crippen LogP contribution in [-0.2, 0) is 0 Å². The number of anilines is 3. The number of ether oxygens (including phenoxy) is 1. The zero-order valence-electron chi connectivity index (χ0n) is 18.8.